The van der Waals surface area contributed by atoms with Crippen LogP contribution in [0.5, 0.6) is 0 Å². The second-order valence-corrected chi connectivity index (χ2v) is 10.1. The number of piperazine rings is 1. The zero-order valence-electron chi connectivity index (χ0n) is 21.6. The Kier molecular flexibility index (Phi) is 12.8. The molecule has 0 aliphatic carbocycles. The Morgan fingerprint density at radius 1 is 0.871 bits per heavy atom. The summed E-state index contributed by atoms with van der Waals surface area (Å²) in [6, 6.07) is 0.530. The fraction of sp³-hybridized carbons (Fsp3) is 0.679. The molecule has 0 spiro atoms. The summed E-state index contributed by atoms with van der Waals surface area (Å²) in [5.41, 5.74) is 5.57. The highest BCUT2D eigenvalue weighted by Crippen LogP contribution is 2.22. The summed E-state index contributed by atoms with van der Waals surface area (Å²) in [6.45, 7) is 19.2. The molecule has 0 aromatic heterocycles. The number of hydrogen-bond donors (Lipinski definition) is 1. The van der Waals surface area contributed by atoms with E-state index in [4.69, 9.17) is 0 Å². The van der Waals surface area contributed by atoms with Gasteiger partial charge in [0.25, 0.3) is 0 Å². The number of allylic oxidation sites excluding steroid dienone is 8. The molecule has 1 N–H and O–H groups in total. The zero-order chi connectivity index (χ0) is 23.4. The quantitative estimate of drug-likeness (QED) is 0.360. The van der Waals surface area contributed by atoms with Crippen LogP contribution in [0, 0.1) is 5.92 Å². The molecule has 176 valence electrons. The first-order valence-corrected chi connectivity index (χ1v) is 12.2. The van der Waals surface area contributed by atoms with E-state index in [9.17, 15) is 4.79 Å². The molecular formula is C28H48N2O. The van der Waals surface area contributed by atoms with Crippen LogP contribution in [0.1, 0.15) is 93.9 Å². The van der Waals surface area contributed by atoms with E-state index in [0.717, 1.165) is 45.2 Å². The molecule has 1 aliphatic heterocycles. The first kappa shape index (κ1) is 27.4. The maximum atomic E-state index is 13.2. The highest BCUT2D eigenvalue weighted by atomic mass is 16.2. The van der Waals surface area contributed by atoms with E-state index >= 15 is 0 Å². The Morgan fingerprint density at radius 3 is 1.90 bits per heavy atom. The highest BCUT2D eigenvalue weighted by molar-refractivity contribution is 5.77. The van der Waals surface area contributed by atoms with E-state index in [1.807, 2.05) is 0 Å². The van der Waals surface area contributed by atoms with Crippen molar-refractivity contribution in [2.45, 2.75) is 106 Å². The number of carbonyl (C=O) groups excluding carboxylic acids is 1. The summed E-state index contributed by atoms with van der Waals surface area (Å²) < 4.78 is 0. The molecule has 1 aliphatic rings. The fourth-order valence-electron chi connectivity index (χ4n) is 4.28. The largest absolute Gasteiger partial charge is 0.335 e. The van der Waals surface area contributed by atoms with E-state index < -0.39 is 0 Å². The normalized spacial score (nSPS) is 21.0. The Balaban J connectivity index is 2.86. The van der Waals surface area contributed by atoms with Crippen LogP contribution in [0.25, 0.3) is 0 Å². The average Bonchev–Trinajstić information content (AvgIpc) is 2.65. The van der Waals surface area contributed by atoms with Gasteiger partial charge in [0.1, 0.15) is 0 Å². The molecule has 1 heterocycles. The Bertz CT molecular complexity index is 665. The van der Waals surface area contributed by atoms with Crippen LogP contribution in [-0.4, -0.2) is 36.0 Å². The molecule has 3 atom stereocenters. The fourth-order valence-corrected chi connectivity index (χ4v) is 4.28. The maximum Gasteiger partial charge on any atom is 0.223 e. The molecule has 31 heavy (non-hydrogen) atoms. The molecule has 1 amide bonds. The second-order valence-electron chi connectivity index (χ2n) is 10.1. The van der Waals surface area contributed by atoms with Crippen molar-refractivity contribution >= 4 is 5.91 Å². The number of nitrogens with zero attached hydrogens (tertiary/aromatic N) is 1. The lowest BCUT2D eigenvalue weighted by atomic mass is 9.93. The molecule has 3 unspecified atom stereocenters. The summed E-state index contributed by atoms with van der Waals surface area (Å²) in [5, 5.41) is 3.43. The Labute approximate surface area is 192 Å². The smallest absolute Gasteiger partial charge is 0.223 e. The highest BCUT2D eigenvalue weighted by Gasteiger charge is 2.29. The lowest BCUT2D eigenvalue weighted by Gasteiger charge is -2.40. The van der Waals surface area contributed by atoms with Gasteiger partial charge in [-0.2, -0.15) is 0 Å². The molecule has 1 saturated heterocycles. The van der Waals surface area contributed by atoms with Gasteiger partial charge in [0, 0.05) is 31.6 Å². The predicted octanol–water partition coefficient (Wildman–Crippen LogP) is 6.98. The van der Waals surface area contributed by atoms with E-state index in [1.54, 1.807) is 0 Å². The molecular weight excluding hydrogens is 380 g/mol. The number of nitrogens with one attached hydrogen (secondary N) is 1. The van der Waals surface area contributed by atoms with Crippen molar-refractivity contribution in [2.75, 3.05) is 13.1 Å². The standard InChI is InChI=1S/C28H48N2O/c1-21(2)11-9-13-23(5)15-16-27(17-24(6)14-10-12-22(3)4)18-28(31)30-25(7)19-29-20-26(30)8/h11-12,15,17,25-27,29H,9-10,13-14,16,18-20H2,1-8H3/b23-15+,24-17+. The van der Waals surface area contributed by atoms with Crippen LogP contribution >= 0.6 is 0 Å². The van der Waals surface area contributed by atoms with E-state index in [-0.39, 0.29) is 18.0 Å². The van der Waals surface area contributed by atoms with Crippen molar-refractivity contribution < 1.29 is 4.79 Å². The molecule has 0 aromatic rings. The summed E-state index contributed by atoms with van der Waals surface area (Å²) in [6.07, 6.45) is 15.2. The third kappa shape index (κ3) is 11.5. The topological polar surface area (TPSA) is 32.3 Å². The van der Waals surface area contributed by atoms with Crippen LogP contribution < -0.4 is 5.32 Å². The number of hydrogen-bond acceptors (Lipinski definition) is 2. The minimum absolute atomic E-state index is 0.265. The zero-order valence-corrected chi connectivity index (χ0v) is 21.6. The van der Waals surface area contributed by atoms with Gasteiger partial charge in [0.05, 0.1) is 0 Å². The monoisotopic (exact) mass is 428 g/mol. The summed E-state index contributed by atoms with van der Waals surface area (Å²) >= 11 is 0. The van der Waals surface area contributed by atoms with Crippen LogP contribution in [0.15, 0.2) is 46.6 Å². The van der Waals surface area contributed by atoms with Gasteiger partial charge >= 0.3 is 0 Å². The predicted molar refractivity (Wildman–Crippen MR) is 136 cm³/mol. The summed E-state index contributed by atoms with van der Waals surface area (Å²) in [4.78, 5) is 15.3. The molecule has 3 heteroatoms. The number of amides is 1. The van der Waals surface area contributed by atoms with Crippen molar-refractivity contribution in [2.24, 2.45) is 5.92 Å². The third-order valence-corrected chi connectivity index (χ3v) is 6.03. The molecule has 0 radical (unpaired) electrons. The van der Waals surface area contributed by atoms with Crippen LogP contribution in [0.4, 0.5) is 0 Å². The van der Waals surface area contributed by atoms with E-state index in [2.05, 4.69) is 89.9 Å². The average molecular weight is 429 g/mol. The first-order chi connectivity index (χ1) is 14.6. The van der Waals surface area contributed by atoms with Gasteiger partial charge in [-0.05, 0) is 93.4 Å². The molecule has 0 bridgehead atoms. The van der Waals surface area contributed by atoms with Crippen molar-refractivity contribution in [3.05, 3.63) is 46.6 Å². The molecule has 1 fully saturated rings. The van der Waals surface area contributed by atoms with Crippen molar-refractivity contribution in [3.63, 3.8) is 0 Å². The summed E-state index contributed by atoms with van der Waals surface area (Å²) in [7, 11) is 0. The molecule has 3 nitrogen and oxygen atoms in total. The van der Waals surface area contributed by atoms with Crippen LogP contribution in [0.2, 0.25) is 0 Å². The van der Waals surface area contributed by atoms with E-state index in [1.165, 1.54) is 22.3 Å². The van der Waals surface area contributed by atoms with Gasteiger partial charge in [-0.15, -0.1) is 0 Å². The van der Waals surface area contributed by atoms with Gasteiger partial charge in [0.2, 0.25) is 5.91 Å². The lowest BCUT2D eigenvalue weighted by molar-refractivity contribution is -0.137. The van der Waals surface area contributed by atoms with Gasteiger partial charge in [0.15, 0.2) is 0 Å². The van der Waals surface area contributed by atoms with Gasteiger partial charge in [-0.25, -0.2) is 0 Å². The lowest BCUT2D eigenvalue weighted by Crippen LogP contribution is -2.57. The summed E-state index contributed by atoms with van der Waals surface area (Å²) in [5.74, 6) is 0.572. The minimum Gasteiger partial charge on any atom is -0.335 e. The Morgan fingerprint density at radius 2 is 1.39 bits per heavy atom. The van der Waals surface area contributed by atoms with Crippen LogP contribution in [-0.2, 0) is 4.79 Å². The minimum atomic E-state index is 0.265. The van der Waals surface area contributed by atoms with Gasteiger partial charge in [-0.1, -0.05) is 46.6 Å². The second kappa shape index (κ2) is 14.5. The first-order valence-electron chi connectivity index (χ1n) is 12.2. The van der Waals surface area contributed by atoms with Crippen molar-refractivity contribution in [1.82, 2.24) is 10.2 Å². The van der Waals surface area contributed by atoms with Crippen LogP contribution in [0.3, 0.4) is 0 Å². The third-order valence-electron chi connectivity index (χ3n) is 6.03. The Hall–Kier alpha value is -1.61. The van der Waals surface area contributed by atoms with Gasteiger partial charge < -0.3 is 10.2 Å². The SMILES string of the molecule is CC(C)=CCC/C(C)=C/CC(/C=C(\C)CCC=C(C)C)CC(=O)N1C(C)CNCC1C. The van der Waals surface area contributed by atoms with Gasteiger partial charge in [-0.3, -0.25) is 4.79 Å². The molecule has 1 rings (SSSR count). The number of rotatable bonds is 11. The maximum absolute atomic E-state index is 13.2. The van der Waals surface area contributed by atoms with Crippen molar-refractivity contribution in [1.29, 1.82) is 0 Å². The van der Waals surface area contributed by atoms with Crippen molar-refractivity contribution in [3.8, 4) is 0 Å². The van der Waals surface area contributed by atoms with E-state index in [0.29, 0.717) is 12.3 Å². The number of carbonyl (C=O) groups is 1. The molecule has 0 saturated carbocycles. The molecule has 0 aromatic carbocycles.